The summed E-state index contributed by atoms with van der Waals surface area (Å²) in [5.41, 5.74) is 2.99. The molecule has 2 heterocycles. The fourth-order valence-corrected chi connectivity index (χ4v) is 3.06. The number of rotatable bonds is 3. The standard InChI is InChI=1S/C16H16BrN5O2/c1-9-5-4-6-11(10(9)2)19-12(23)7-22-8-18-15-13(16(22)24)14(17)20-21(15)3/h4-6,8H,7H2,1-3H3,(H,19,23). The Kier molecular flexibility index (Phi) is 4.23. The average molecular weight is 390 g/mol. The minimum absolute atomic E-state index is 0.115. The normalized spacial score (nSPS) is 11.0. The number of amides is 1. The molecule has 0 aliphatic heterocycles. The molecule has 0 saturated heterocycles. The topological polar surface area (TPSA) is 81.8 Å². The van der Waals surface area contributed by atoms with Crippen molar-refractivity contribution in [3.05, 3.63) is 50.6 Å². The summed E-state index contributed by atoms with van der Waals surface area (Å²) < 4.78 is 3.21. The van der Waals surface area contributed by atoms with E-state index in [1.54, 1.807) is 7.05 Å². The number of benzene rings is 1. The highest BCUT2D eigenvalue weighted by Gasteiger charge is 2.15. The van der Waals surface area contributed by atoms with Gasteiger partial charge in [-0.2, -0.15) is 5.10 Å². The van der Waals surface area contributed by atoms with Gasteiger partial charge in [0.05, 0.1) is 0 Å². The van der Waals surface area contributed by atoms with Crippen molar-refractivity contribution in [1.82, 2.24) is 19.3 Å². The van der Waals surface area contributed by atoms with Crippen LogP contribution < -0.4 is 10.9 Å². The van der Waals surface area contributed by atoms with E-state index in [2.05, 4.69) is 31.3 Å². The van der Waals surface area contributed by atoms with Crippen molar-refractivity contribution < 1.29 is 4.79 Å². The molecule has 0 unspecified atom stereocenters. The number of hydrogen-bond donors (Lipinski definition) is 1. The van der Waals surface area contributed by atoms with E-state index < -0.39 is 0 Å². The molecule has 0 radical (unpaired) electrons. The first-order valence-corrected chi connectivity index (χ1v) is 8.11. The van der Waals surface area contributed by atoms with Crippen LogP contribution in [-0.2, 0) is 18.4 Å². The van der Waals surface area contributed by atoms with Crippen molar-refractivity contribution in [3.63, 3.8) is 0 Å². The van der Waals surface area contributed by atoms with Gasteiger partial charge in [-0.05, 0) is 47.0 Å². The molecule has 1 N–H and O–H groups in total. The third-order valence-corrected chi connectivity index (χ3v) is 4.52. The molecule has 8 heteroatoms. The highest BCUT2D eigenvalue weighted by molar-refractivity contribution is 9.10. The van der Waals surface area contributed by atoms with Gasteiger partial charge >= 0.3 is 0 Å². The zero-order valence-electron chi connectivity index (χ0n) is 13.5. The van der Waals surface area contributed by atoms with E-state index in [-0.39, 0.29) is 18.0 Å². The maximum Gasteiger partial charge on any atom is 0.266 e. The molecule has 7 nitrogen and oxygen atoms in total. The van der Waals surface area contributed by atoms with Gasteiger partial charge in [-0.25, -0.2) is 9.67 Å². The van der Waals surface area contributed by atoms with E-state index in [1.807, 2.05) is 32.0 Å². The van der Waals surface area contributed by atoms with Crippen LogP contribution in [0.25, 0.3) is 11.0 Å². The fraction of sp³-hybridized carbons (Fsp3) is 0.250. The summed E-state index contributed by atoms with van der Waals surface area (Å²) >= 11 is 3.25. The molecule has 3 rings (SSSR count). The molecule has 0 aliphatic rings. The molecule has 124 valence electrons. The van der Waals surface area contributed by atoms with E-state index in [4.69, 9.17) is 0 Å². The number of hydrogen-bond acceptors (Lipinski definition) is 4. The number of nitrogens with one attached hydrogen (secondary N) is 1. The SMILES string of the molecule is Cc1cccc(NC(=O)Cn2cnc3c(c(Br)nn3C)c2=O)c1C. The monoisotopic (exact) mass is 389 g/mol. The van der Waals surface area contributed by atoms with Gasteiger partial charge in [-0.3, -0.25) is 14.2 Å². The van der Waals surface area contributed by atoms with Crippen LogP contribution in [0.3, 0.4) is 0 Å². The van der Waals surface area contributed by atoms with Gasteiger partial charge in [0.1, 0.15) is 22.9 Å². The van der Waals surface area contributed by atoms with Crippen LogP contribution in [0, 0.1) is 13.8 Å². The molecule has 0 bridgehead atoms. The first kappa shape index (κ1) is 16.4. The molecule has 0 atom stereocenters. The van der Waals surface area contributed by atoms with E-state index in [0.29, 0.717) is 15.6 Å². The quantitative estimate of drug-likeness (QED) is 0.743. The summed E-state index contributed by atoms with van der Waals surface area (Å²) in [7, 11) is 1.71. The molecule has 0 spiro atoms. The molecule has 0 aliphatic carbocycles. The fourth-order valence-electron chi connectivity index (χ4n) is 2.48. The molecule has 0 fully saturated rings. The van der Waals surface area contributed by atoms with Crippen LogP contribution in [0.15, 0.2) is 33.9 Å². The van der Waals surface area contributed by atoms with E-state index in [1.165, 1.54) is 15.6 Å². The lowest BCUT2D eigenvalue weighted by molar-refractivity contribution is -0.116. The Morgan fingerprint density at radius 2 is 2.08 bits per heavy atom. The number of halogens is 1. The number of fused-ring (bicyclic) bond motifs is 1. The Morgan fingerprint density at radius 1 is 1.33 bits per heavy atom. The largest absolute Gasteiger partial charge is 0.324 e. The Hall–Kier alpha value is -2.48. The van der Waals surface area contributed by atoms with Crippen LogP contribution in [0.1, 0.15) is 11.1 Å². The minimum Gasteiger partial charge on any atom is -0.324 e. The highest BCUT2D eigenvalue weighted by Crippen LogP contribution is 2.18. The Balaban J connectivity index is 1.88. The average Bonchev–Trinajstić information content (AvgIpc) is 2.82. The lowest BCUT2D eigenvalue weighted by Gasteiger charge is -2.11. The van der Waals surface area contributed by atoms with E-state index in [0.717, 1.165) is 16.8 Å². The number of nitrogens with zero attached hydrogens (tertiary/aromatic N) is 4. The minimum atomic E-state index is -0.309. The van der Waals surface area contributed by atoms with Crippen LogP contribution >= 0.6 is 15.9 Å². The van der Waals surface area contributed by atoms with Gasteiger partial charge in [-0.1, -0.05) is 12.1 Å². The van der Waals surface area contributed by atoms with E-state index >= 15 is 0 Å². The van der Waals surface area contributed by atoms with Gasteiger partial charge in [0.25, 0.3) is 5.56 Å². The maximum atomic E-state index is 12.5. The van der Waals surface area contributed by atoms with Gasteiger partial charge in [0.15, 0.2) is 5.65 Å². The first-order valence-electron chi connectivity index (χ1n) is 7.32. The Bertz CT molecular complexity index is 1010. The predicted molar refractivity (Wildman–Crippen MR) is 95.0 cm³/mol. The van der Waals surface area contributed by atoms with Crippen LogP contribution in [0.5, 0.6) is 0 Å². The Morgan fingerprint density at radius 3 is 2.83 bits per heavy atom. The lowest BCUT2D eigenvalue weighted by atomic mass is 10.1. The van der Waals surface area contributed by atoms with Crippen molar-refractivity contribution in [3.8, 4) is 0 Å². The van der Waals surface area contributed by atoms with Crippen molar-refractivity contribution in [2.75, 3.05) is 5.32 Å². The lowest BCUT2D eigenvalue weighted by Crippen LogP contribution is -2.28. The second-order valence-corrected chi connectivity index (χ2v) is 6.34. The summed E-state index contributed by atoms with van der Waals surface area (Å²) in [6.45, 7) is 3.81. The molecule has 1 aromatic carbocycles. The van der Waals surface area contributed by atoms with Crippen molar-refractivity contribution >= 4 is 38.6 Å². The number of anilines is 1. The third-order valence-electron chi connectivity index (χ3n) is 3.96. The summed E-state index contributed by atoms with van der Waals surface area (Å²) in [6, 6.07) is 5.69. The number of aromatic nitrogens is 4. The smallest absolute Gasteiger partial charge is 0.266 e. The second kappa shape index (κ2) is 6.20. The van der Waals surface area contributed by atoms with Crippen LogP contribution in [0.2, 0.25) is 0 Å². The van der Waals surface area contributed by atoms with Crippen LogP contribution in [-0.4, -0.2) is 25.2 Å². The van der Waals surface area contributed by atoms with Crippen molar-refractivity contribution in [1.29, 1.82) is 0 Å². The Labute approximate surface area is 146 Å². The summed E-state index contributed by atoms with van der Waals surface area (Å²) in [6.07, 6.45) is 1.36. The van der Waals surface area contributed by atoms with Gasteiger partial charge in [0.2, 0.25) is 5.91 Å². The zero-order valence-corrected chi connectivity index (χ0v) is 15.1. The number of aryl methyl sites for hydroxylation is 2. The number of carbonyl (C=O) groups excluding carboxylic acids is 1. The van der Waals surface area contributed by atoms with Gasteiger partial charge in [-0.15, -0.1) is 0 Å². The van der Waals surface area contributed by atoms with Crippen molar-refractivity contribution in [2.45, 2.75) is 20.4 Å². The highest BCUT2D eigenvalue weighted by atomic mass is 79.9. The molecular formula is C16H16BrN5O2. The molecule has 0 saturated carbocycles. The second-order valence-electron chi connectivity index (χ2n) is 5.59. The molecule has 2 aromatic heterocycles. The molecule has 3 aromatic rings. The summed E-state index contributed by atoms with van der Waals surface area (Å²) in [5.74, 6) is -0.285. The van der Waals surface area contributed by atoms with Crippen molar-refractivity contribution in [2.24, 2.45) is 7.05 Å². The van der Waals surface area contributed by atoms with Crippen LogP contribution in [0.4, 0.5) is 5.69 Å². The zero-order chi connectivity index (χ0) is 17.4. The number of carbonyl (C=O) groups is 1. The molecular weight excluding hydrogens is 374 g/mol. The maximum absolute atomic E-state index is 12.5. The first-order chi connectivity index (χ1) is 11.4. The third kappa shape index (κ3) is 2.84. The molecule has 24 heavy (non-hydrogen) atoms. The van der Waals surface area contributed by atoms with Gasteiger partial charge in [0, 0.05) is 12.7 Å². The van der Waals surface area contributed by atoms with E-state index in [9.17, 15) is 9.59 Å². The summed E-state index contributed by atoms with van der Waals surface area (Å²) in [4.78, 5) is 29.0. The summed E-state index contributed by atoms with van der Waals surface area (Å²) in [5, 5.41) is 7.31. The van der Waals surface area contributed by atoms with Gasteiger partial charge < -0.3 is 5.32 Å². The predicted octanol–water partition coefficient (Wildman–Crippen LogP) is 2.15. The molecule has 1 amide bonds.